The number of hydrogen-bond donors (Lipinski definition) is 1. The van der Waals surface area contributed by atoms with E-state index in [4.69, 9.17) is 4.74 Å². The molecule has 106 valence electrons. The number of nitrogens with one attached hydrogen (secondary N) is 1. The smallest absolute Gasteiger partial charge is 0.226 e. The van der Waals surface area contributed by atoms with Crippen LogP contribution in [0.3, 0.4) is 0 Å². The Bertz CT molecular complexity index is 610. The molecular formula is C14H16FN3O2. The third-order valence-electron chi connectivity index (χ3n) is 2.77. The van der Waals surface area contributed by atoms with Gasteiger partial charge in [-0.2, -0.15) is 5.10 Å². The number of halogens is 1. The molecule has 2 aromatic rings. The highest BCUT2D eigenvalue weighted by Crippen LogP contribution is 2.24. The van der Waals surface area contributed by atoms with Gasteiger partial charge in [-0.25, -0.2) is 4.39 Å². The van der Waals surface area contributed by atoms with Gasteiger partial charge in [0.05, 0.1) is 19.0 Å². The largest absolute Gasteiger partial charge is 0.494 e. The second-order valence-corrected chi connectivity index (χ2v) is 4.42. The van der Waals surface area contributed by atoms with Crippen LogP contribution < -0.4 is 10.1 Å². The lowest BCUT2D eigenvalue weighted by molar-refractivity contribution is -0.116. The highest BCUT2D eigenvalue weighted by Gasteiger charge is 2.09. The Balaban J connectivity index is 1.94. The van der Waals surface area contributed by atoms with Crippen molar-refractivity contribution < 1.29 is 13.9 Å². The van der Waals surface area contributed by atoms with E-state index < -0.39 is 5.82 Å². The molecule has 1 amide bonds. The predicted molar refractivity (Wildman–Crippen MR) is 73.2 cm³/mol. The summed E-state index contributed by atoms with van der Waals surface area (Å²) < 4.78 is 19.8. The number of methoxy groups -OCH3 is 1. The van der Waals surface area contributed by atoms with Gasteiger partial charge in [0, 0.05) is 25.2 Å². The fraction of sp³-hybridized carbons (Fsp3) is 0.286. The quantitative estimate of drug-likeness (QED) is 0.912. The molecular weight excluding hydrogens is 261 g/mol. The molecule has 0 spiro atoms. The first-order chi connectivity index (χ1) is 9.58. The molecule has 0 saturated carbocycles. The maximum absolute atomic E-state index is 13.0. The molecule has 0 unspecified atom stereocenters. The maximum atomic E-state index is 13.0. The van der Waals surface area contributed by atoms with Crippen molar-refractivity contribution in [2.75, 3.05) is 12.4 Å². The number of nitrogens with zero attached hydrogens (tertiary/aromatic N) is 2. The fourth-order valence-electron chi connectivity index (χ4n) is 1.79. The number of rotatable bonds is 5. The van der Waals surface area contributed by atoms with Crippen molar-refractivity contribution in [2.45, 2.75) is 19.9 Å². The van der Waals surface area contributed by atoms with E-state index in [1.165, 1.54) is 25.3 Å². The minimum atomic E-state index is -0.410. The molecule has 1 heterocycles. The van der Waals surface area contributed by atoms with Crippen molar-refractivity contribution >= 4 is 11.6 Å². The highest BCUT2D eigenvalue weighted by molar-refractivity contribution is 5.92. The zero-order valence-electron chi connectivity index (χ0n) is 11.4. The average Bonchev–Trinajstić information content (AvgIpc) is 2.84. The normalized spacial score (nSPS) is 10.3. The van der Waals surface area contributed by atoms with Crippen LogP contribution in [0, 0.1) is 12.7 Å². The van der Waals surface area contributed by atoms with E-state index in [0.717, 1.165) is 5.56 Å². The third-order valence-corrected chi connectivity index (χ3v) is 2.77. The molecule has 0 radical (unpaired) electrons. The summed E-state index contributed by atoms with van der Waals surface area (Å²) >= 11 is 0. The lowest BCUT2D eigenvalue weighted by Crippen LogP contribution is -2.15. The van der Waals surface area contributed by atoms with Crippen LogP contribution in [0.15, 0.2) is 30.6 Å². The Morgan fingerprint density at radius 1 is 1.50 bits per heavy atom. The molecule has 1 aromatic heterocycles. The van der Waals surface area contributed by atoms with Gasteiger partial charge >= 0.3 is 0 Å². The fourth-order valence-corrected chi connectivity index (χ4v) is 1.79. The number of aryl methyl sites for hydroxylation is 2. The van der Waals surface area contributed by atoms with E-state index in [-0.39, 0.29) is 12.3 Å². The SMILES string of the molecule is COc1cc(F)ccc1NC(=O)CCn1cc(C)cn1. The van der Waals surface area contributed by atoms with Crippen LogP contribution in [0.4, 0.5) is 10.1 Å². The number of hydrogen-bond acceptors (Lipinski definition) is 3. The first-order valence-corrected chi connectivity index (χ1v) is 6.21. The van der Waals surface area contributed by atoms with E-state index in [1.807, 2.05) is 13.1 Å². The Hall–Kier alpha value is -2.37. The summed E-state index contributed by atoms with van der Waals surface area (Å²) in [6.07, 6.45) is 3.88. The first-order valence-electron chi connectivity index (χ1n) is 6.21. The predicted octanol–water partition coefficient (Wildman–Crippen LogP) is 2.37. The number of carbonyl (C=O) groups is 1. The topological polar surface area (TPSA) is 56.1 Å². The minimum absolute atomic E-state index is 0.178. The van der Waals surface area contributed by atoms with E-state index in [2.05, 4.69) is 10.4 Å². The number of benzene rings is 1. The van der Waals surface area contributed by atoms with Gasteiger partial charge in [0.15, 0.2) is 0 Å². The van der Waals surface area contributed by atoms with Crippen molar-refractivity contribution in [3.8, 4) is 5.75 Å². The molecule has 0 aliphatic carbocycles. The molecule has 2 rings (SSSR count). The first kappa shape index (κ1) is 14.0. The monoisotopic (exact) mass is 277 g/mol. The molecule has 1 N–H and O–H groups in total. The molecule has 5 nitrogen and oxygen atoms in total. The molecule has 0 saturated heterocycles. The molecule has 0 aliphatic heterocycles. The van der Waals surface area contributed by atoms with Gasteiger partial charge in [-0.1, -0.05) is 0 Å². The van der Waals surface area contributed by atoms with Crippen molar-refractivity contribution in [3.63, 3.8) is 0 Å². The van der Waals surface area contributed by atoms with Crippen molar-refractivity contribution in [2.24, 2.45) is 0 Å². The summed E-state index contributed by atoms with van der Waals surface area (Å²) in [4.78, 5) is 11.8. The number of carbonyl (C=O) groups excluding carboxylic acids is 1. The maximum Gasteiger partial charge on any atom is 0.226 e. The molecule has 0 aliphatic rings. The Labute approximate surface area is 116 Å². The van der Waals surface area contributed by atoms with Crippen LogP contribution in [-0.4, -0.2) is 22.8 Å². The second kappa shape index (κ2) is 6.18. The summed E-state index contributed by atoms with van der Waals surface area (Å²) in [6, 6.07) is 3.98. The second-order valence-electron chi connectivity index (χ2n) is 4.42. The molecule has 0 atom stereocenters. The number of ether oxygens (including phenoxy) is 1. The number of anilines is 1. The van der Waals surface area contributed by atoms with E-state index in [9.17, 15) is 9.18 Å². The standard InChI is InChI=1S/C14H16FN3O2/c1-10-8-16-18(9-10)6-5-14(19)17-12-4-3-11(15)7-13(12)20-2/h3-4,7-9H,5-6H2,1-2H3,(H,17,19). The van der Waals surface area contributed by atoms with E-state index in [1.54, 1.807) is 10.9 Å². The zero-order valence-corrected chi connectivity index (χ0v) is 11.4. The van der Waals surface area contributed by atoms with Gasteiger partial charge in [-0.05, 0) is 24.6 Å². The molecule has 6 heteroatoms. The van der Waals surface area contributed by atoms with Crippen LogP contribution in [0.25, 0.3) is 0 Å². The van der Waals surface area contributed by atoms with Gasteiger partial charge < -0.3 is 10.1 Å². The van der Waals surface area contributed by atoms with Crippen LogP contribution in [-0.2, 0) is 11.3 Å². The van der Waals surface area contributed by atoms with Crippen molar-refractivity contribution in [3.05, 3.63) is 42.0 Å². The summed E-state index contributed by atoms with van der Waals surface area (Å²) in [7, 11) is 1.43. The van der Waals surface area contributed by atoms with E-state index >= 15 is 0 Å². The zero-order chi connectivity index (χ0) is 14.5. The Kier molecular flexibility index (Phi) is 4.34. The minimum Gasteiger partial charge on any atom is -0.494 e. The van der Waals surface area contributed by atoms with Crippen LogP contribution in [0.1, 0.15) is 12.0 Å². The highest BCUT2D eigenvalue weighted by atomic mass is 19.1. The van der Waals surface area contributed by atoms with Gasteiger partial charge in [-0.15, -0.1) is 0 Å². The summed E-state index contributed by atoms with van der Waals surface area (Å²) in [5.74, 6) is -0.289. The summed E-state index contributed by atoms with van der Waals surface area (Å²) in [5, 5.41) is 6.80. The summed E-state index contributed by atoms with van der Waals surface area (Å²) in [6.45, 7) is 2.43. The van der Waals surface area contributed by atoms with E-state index in [0.29, 0.717) is 18.0 Å². The van der Waals surface area contributed by atoms with Gasteiger partial charge in [-0.3, -0.25) is 9.48 Å². The molecule has 0 bridgehead atoms. The molecule has 1 aromatic carbocycles. The number of amides is 1. The van der Waals surface area contributed by atoms with Crippen LogP contribution in [0.5, 0.6) is 5.75 Å². The molecule has 0 fully saturated rings. The third kappa shape index (κ3) is 3.57. The van der Waals surface area contributed by atoms with Gasteiger partial charge in [0.25, 0.3) is 0 Å². The van der Waals surface area contributed by atoms with Crippen molar-refractivity contribution in [1.29, 1.82) is 0 Å². The van der Waals surface area contributed by atoms with Gasteiger partial charge in [0.2, 0.25) is 5.91 Å². The summed E-state index contributed by atoms with van der Waals surface area (Å²) in [5.41, 5.74) is 1.50. The Morgan fingerprint density at radius 3 is 2.95 bits per heavy atom. The van der Waals surface area contributed by atoms with Crippen molar-refractivity contribution in [1.82, 2.24) is 9.78 Å². The Morgan fingerprint density at radius 2 is 2.30 bits per heavy atom. The van der Waals surface area contributed by atoms with Gasteiger partial charge in [0.1, 0.15) is 11.6 Å². The molecule has 20 heavy (non-hydrogen) atoms. The average molecular weight is 277 g/mol. The lowest BCUT2D eigenvalue weighted by Gasteiger charge is -2.10. The van der Waals surface area contributed by atoms with Crippen LogP contribution >= 0.6 is 0 Å². The number of aromatic nitrogens is 2. The lowest BCUT2D eigenvalue weighted by atomic mass is 10.2. The van der Waals surface area contributed by atoms with Crippen LogP contribution in [0.2, 0.25) is 0 Å².